The first-order valence-electron chi connectivity index (χ1n) is 5.68. The summed E-state index contributed by atoms with van der Waals surface area (Å²) >= 11 is 1.77. The monoisotopic (exact) mass is 245 g/mol. The van der Waals surface area contributed by atoms with Crippen molar-refractivity contribution in [3.05, 3.63) is 0 Å². The zero-order valence-electron chi connectivity index (χ0n) is 9.65. The average Bonchev–Trinajstić information content (AvgIpc) is 2.73. The molecule has 0 aromatic rings. The molecule has 0 aromatic heterocycles. The van der Waals surface area contributed by atoms with Crippen LogP contribution in [0.1, 0.15) is 32.1 Å². The summed E-state index contributed by atoms with van der Waals surface area (Å²) in [6, 6.07) is -0.576. The van der Waals surface area contributed by atoms with Gasteiger partial charge in [0.2, 0.25) is 5.91 Å². The maximum atomic E-state index is 11.8. The number of aliphatic carboxylic acids is 1. The summed E-state index contributed by atoms with van der Waals surface area (Å²) in [5.74, 6) is 0.205. The fourth-order valence-electron chi connectivity index (χ4n) is 1.99. The Labute approximate surface area is 100 Å². The summed E-state index contributed by atoms with van der Waals surface area (Å²) in [7, 11) is 0. The minimum absolute atomic E-state index is 0.00556. The van der Waals surface area contributed by atoms with Crippen LogP contribution < -0.4 is 0 Å². The number of carbonyl (C=O) groups excluding carboxylic acids is 1. The van der Waals surface area contributed by atoms with E-state index in [2.05, 4.69) is 0 Å². The summed E-state index contributed by atoms with van der Waals surface area (Å²) in [5, 5.41) is 8.94. The fraction of sp³-hybridized carbons (Fsp3) is 0.818. The summed E-state index contributed by atoms with van der Waals surface area (Å²) in [6.07, 6.45) is 5.84. The van der Waals surface area contributed by atoms with Crippen LogP contribution in [0.5, 0.6) is 0 Å². The van der Waals surface area contributed by atoms with E-state index in [4.69, 9.17) is 5.11 Å². The summed E-state index contributed by atoms with van der Waals surface area (Å²) in [5.41, 5.74) is 0. The lowest BCUT2D eigenvalue weighted by Crippen LogP contribution is -2.40. The Balaban J connectivity index is 2.32. The number of thioether (sulfide) groups is 1. The Bertz CT molecular complexity index is 258. The molecule has 1 atom stereocenters. The van der Waals surface area contributed by atoms with Gasteiger partial charge in [-0.2, -0.15) is 11.8 Å². The number of unbranched alkanes of at least 4 members (excludes halogenated alkanes) is 1. The minimum atomic E-state index is -0.866. The van der Waals surface area contributed by atoms with Gasteiger partial charge in [0, 0.05) is 13.0 Å². The largest absolute Gasteiger partial charge is 0.480 e. The van der Waals surface area contributed by atoms with Gasteiger partial charge in [-0.15, -0.1) is 0 Å². The van der Waals surface area contributed by atoms with Crippen molar-refractivity contribution in [2.45, 2.75) is 38.1 Å². The van der Waals surface area contributed by atoms with Crippen molar-refractivity contribution in [1.29, 1.82) is 0 Å². The van der Waals surface area contributed by atoms with Gasteiger partial charge in [-0.1, -0.05) is 0 Å². The van der Waals surface area contributed by atoms with Crippen LogP contribution in [-0.4, -0.2) is 46.5 Å². The molecule has 1 amide bonds. The Morgan fingerprint density at radius 2 is 2.19 bits per heavy atom. The lowest BCUT2D eigenvalue weighted by atomic mass is 10.2. The third kappa shape index (κ3) is 3.70. The molecule has 0 radical (unpaired) electrons. The van der Waals surface area contributed by atoms with Crippen molar-refractivity contribution in [3.63, 3.8) is 0 Å². The molecular formula is C11H19NO3S. The number of rotatable bonds is 6. The molecule has 0 bridgehead atoms. The molecule has 1 fully saturated rings. The second-order valence-electron chi connectivity index (χ2n) is 4.03. The first-order valence-corrected chi connectivity index (χ1v) is 7.07. The van der Waals surface area contributed by atoms with Gasteiger partial charge in [-0.05, 0) is 37.7 Å². The third-order valence-electron chi connectivity index (χ3n) is 2.85. The molecule has 1 rings (SSSR count). The maximum absolute atomic E-state index is 11.8. The maximum Gasteiger partial charge on any atom is 0.326 e. The van der Waals surface area contributed by atoms with Crippen molar-refractivity contribution >= 4 is 23.6 Å². The Kier molecular flexibility index (Phi) is 5.66. The van der Waals surface area contributed by atoms with E-state index in [0.717, 1.165) is 25.0 Å². The molecule has 92 valence electrons. The molecule has 1 N–H and O–H groups in total. The van der Waals surface area contributed by atoms with E-state index in [9.17, 15) is 9.59 Å². The van der Waals surface area contributed by atoms with Crippen LogP contribution in [0.2, 0.25) is 0 Å². The van der Waals surface area contributed by atoms with Gasteiger partial charge in [0.15, 0.2) is 0 Å². The molecule has 1 saturated heterocycles. The molecule has 5 heteroatoms. The zero-order valence-corrected chi connectivity index (χ0v) is 10.5. The second kappa shape index (κ2) is 6.78. The average molecular weight is 245 g/mol. The quantitative estimate of drug-likeness (QED) is 0.722. The van der Waals surface area contributed by atoms with Crippen LogP contribution in [0.25, 0.3) is 0 Å². The van der Waals surface area contributed by atoms with Crippen molar-refractivity contribution in [3.8, 4) is 0 Å². The molecule has 0 aliphatic carbocycles. The number of carboxylic acids is 1. The lowest BCUT2D eigenvalue weighted by molar-refractivity contribution is -0.148. The highest BCUT2D eigenvalue weighted by atomic mass is 32.2. The van der Waals surface area contributed by atoms with Crippen molar-refractivity contribution in [2.75, 3.05) is 18.6 Å². The number of hydrogen-bond acceptors (Lipinski definition) is 3. The molecule has 1 aliphatic heterocycles. The molecule has 4 nitrogen and oxygen atoms in total. The number of amides is 1. The lowest BCUT2D eigenvalue weighted by Gasteiger charge is -2.21. The molecule has 1 aliphatic rings. The van der Waals surface area contributed by atoms with Crippen LogP contribution in [0, 0.1) is 0 Å². The molecule has 1 heterocycles. The number of nitrogens with zero attached hydrogens (tertiary/aromatic N) is 1. The number of likely N-dealkylation sites (tertiary alicyclic amines) is 1. The number of carbonyl (C=O) groups is 2. The van der Waals surface area contributed by atoms with E-state index in [1.54, 1.807) is 11.8 Å². The summed E-state index contributed by atoms with van der Waals surface area (Å²) in [4.78, 5) is 24.2. The normalized spacial score (nSPS) is 20.1. The van der Waals surface area contributed by atoms with Crippen molar-refractivity contribution < 1.29 is 14.7 Å². The van der Waals surface area contributed by atoms with Crippen LogP contribution in [0.15, 0.2) is 0 Å². The smallest absolute Gasteiger partial charge is 0.326 e. The fourth-order valence-corrected chi connectivity index (χ4v) is 2.48. The molecule has 0 unspecified atom stereocenters. The summed E-state index contributed by atoms with van der Waals surface area (Å²) < 4.78 is 0. The third-order valence-corrected chi connectivity index (χ3v) is 3.54. The highest BCUT2D eigenvalue weighted by Crippen LogP contribution is 2.19. The van der Waals surface area contributed by atoms with E-state index >= 15 is 0 Å². The van der Waals surface area contributed by atoms with E-state index in [1.165, 1.54) is 4.90 Å². The van der Waals surface area contributed by atoms with E-state index in [-0.39, 0.29) is 5.91 Å². The molecular weight excluding hydrogens is 226 g/mol. The molecule has 0 spiro atoms. The standard InChI is InChI=1S/C11H19NO3S/c1-16-8-3-2-6-10(13)12-7-4-5-9(12)11(14)15/h9H,2-8H2,1H3,(H,14,15)/t9-/m1/s1. The summed E-state index contributed by atoms with van der Waals surface area (Å²) in [6.45, 7) is 0.609. The van der Waals surface area contributed by atoms with Gasteiger partial charge in [-0.3, -0.25) is 4.79 Å². The highest BCUT2D eigenvalue weighted by Gasteiger charge is 2.33. The minimum Gasteiger partial charge on any atom is -0.480 e. The SMILES string of the molecule is CSCCCCC(=O)N1CCC[C@@H]1C(=O)O. The van der Waals surface area contributed by atoms with Gasteiger partial charge in [-0.25, -0.2) is 4.79 Å². The van der Waals surface area contributed by atoms with E-state index < -0.39 is 12.0 Å². The van der Waals surface area contributed by atoms with Crippen molar-refractivity contribution in [1.82, 2.24) is 4.90 Å². The molecule has 16 heavy (non-hydrogen) atoms. The van der Waals surface area contributed by atoms with E-state index in [1.807, 2.05) is 6.26 Å². The highest BCUT2D eigenvalue weighted by molar-refractivity contribution is 7.98. The Morgan fingerprint density at radius 1 is 1.44 bits per heavy atom. The van der Waals surface area contributed by atoms with Crippen molar-refractivity contribution in [2.24, 2.45) is 0 Å². The topological polar surface area (TPSA) is 57.6 Å². The Hall–Kier alpha value is -0.710. The predicted octanol–water partition coefficient (Wildman–Crippen LogP) is 1.60. The Morgan fingerprint density at radius 3 is 2.81 bits per heavy atom. The van der Waals surface area contributed by atoms with Gasteiger partial charge < -0.3 is 10.0 Å². The number of hydrogen-bond donors (Lipinski definition) is 1. The van der Waals surface area contributed by atoms with Gasteiger partial charge in [0.1, 0.15) is 6.04 Å². The van der Waals surface area contributed by atoms with Gasteiger partial charge >= 0.3 is 5.97 Å². The second-order valence-corrected chi connectivity index (χ2v) is 5.02. The van der Waals surface area contributed by atoms with Crippen LogP contribution in [-0.2, 0) is 9.59 Å². The zero-order chi connectivity index (χ0) is 12.0. The molecule has 0 aromatic carbocycles. The first kappa shape index (κ1) is 13.4. The first-order chi connectivity index (χ1) is 7.66. The number of carboxylic acid groups (broad SMARTS) is 1. The van der Waals surface area contributed by atoms with Crippen LogP contribution in [0.4, 0.5) is 0 Å². The van der Waals surface area contributed by atoms with Gasteiger partial charge in [0.05, 0.1) is 0 Å². The van der Waals surface area contributed by atoms with Gasteiger partial charge in [0.25, 0.3) is 0 Å². The van der Waals surface area contributed by atoms with E-state index in [0.29, 0.717) is 19.4 Å². The predicted molar refractivity (Wildman–Crippen MR) is 64.6 cm³/mol. The molecule has 0 saturated carbocycles. The van der Waals surface area contributed by atoms with Crippen LogP contribution in [0.3, 0.4) is 0 Å². The van der Waals surface area contributed by atoms with Crippen LogP contribution >= 0.6 is 11.8 Å².